The van der Waals surface area contributed by atoms with Crippen LogP contribution in [-0.2, 0) is 9.59 Å². The maximum Gasteiger partial charge on any atom is 0.241 e. The Labute approximate surface area is 173 Å². The summed E-state index contributed by atoms with van der Waals surface area (Å²) in [6.07, 6.45) is 1.19. The number of nitrogens with one attached hydrogen (secondary N) is 1. The number of piperazine rings is 1. The van der Waals surface area contributed by atoms with E-state index >= 15 is 0 Å². The van der Waals surface area contributed by atoms with Crippen molar-refractivity contribution in [2.24, 2.45) is 11.8 Å². The Balaban J connectivity index is 1.44. The second kappa shape index (κ2) is 9.67. The summed E-state index contributed by atoms with van der Waals surface area (Å²) in [6, 6.07) is 5.62. The second-order valence-corrected chi connectivity index (χ2v) is 8.73. The van der Waals surface area contributed by atoms with E-state index < -0.39 is 0 Å². The molecule has 0 spiro atoms. The van der Waals surface area contributed by atoms with Crippen LogP contribution >= 0.6 is 0 Å². The van der Waals surface area contributed by atoms with Gasteiger partial charge in [0.05, 0.1) is 12.6 Å². The summed E-state index contributed by atoms with van der Waals surface area (Å²) in [4.78, 5) is 31.5. The Hall–Kier alpha value is -1.99. The smallest absolute Gasteiger partial charge is 0.241 e. The lowest BCUT2D eigenvalue weighted by atomic mass is 9.92. The van der Waals surface area contributed by atoms with Gasteiger partial charge in [-0.3, -0.25) is 19.4 Å². The maximum atomic E-state index is 13.3. The Bertz CT molecular complexity index is 711. The van der Waals surface area contributed by atoms with Crippen LogP contribution in [0.25, 0.3) is 0 Å². The molecule has 1 aromatic rings. The van der Waals surface area contributed by atoms with Crippen molar-refractivity contribution in [2.45, 2.75) is 33.2 Å². The third-order valence-electron chi connectivity index (χ3n) is 6.01. The van der Waals surface area contributed by atoms with E-state index in [2.05, 4.69) is 29.0 Å². The van der Waals surface area contributed by atoms with Crippen molar-refractivity contribution in [1.29, 1.82) is 0 Å². The molecule has 2 aliphatic rings. The molecule has 29 heavy (non-hydrogen) atoms. The molecule has 1 N–H and O–H groups in total. The van der Waals surface area contributed by atoms with Gasteiger partial charge in [-0.05, 0) is 43.4 Å². The first-order valence-corrected chi connectivity index (χ1v) is 10.6. The van der Waals surface area contributed by atoms with E-state index in [4.69, 9.17) is 0 Å². The highest BCUT2D eigenvalue weighted by Crippen LogP contribution is 2.21. The molecule has 0 saturated carbocycles. The van der Waals surface area contributed by atoms with Crippen molar-refractivity contribution in [3.63, 3.8) is 0 Å². The highest BCUT2D eigenvalue weighted by molar-refractivity contribution is 5.94. The number of benzene rings is 1. The average Bonchev–Trinajstić information content (AvgIpc) is 2.67. The van der Waals surface area contributed by atoms with E-state index in [1.807, 2.05) is 11.8 Å². The zero-order chi connectivity index (χ0) is 21.0. The molecule has 3 rings (SSSR count). The standard InChI is InChI=1S/C22H33FN4O2/c1-16-11-17(2)14-27(13-16)21(28)15-25-7-9-26(10-8-25)18(3)22(29)24-20-6-4-5-19(23)12-20/h4-6,12,16-18H,7-11,13-15H2,1-3H3,(H,24,29). The van der Waals surface area contributed by atoms with Crippen LogP contribution in [0.15, 0.2) is 24.3 Å². The van der Waals surface area contributed by atoms with Gasteiger partial charge < -0.3 is 10.2 Å². The number of piperidine rings is 1. The summed E-state index contributed by atoms with van der Waals surface area (Å²) in [7, 11) is 0. The molecule has 6 nitrogen and oxygen atoms in total. The molecule has 0 bridgehead atoms. The number of amides is 2. The van der Waals surface area contributed by atoms with E-state index in [0.717, 1.165) is 39.3 Å². The van der Waals surface area contributed by atoms with Crippen molar-refractivity contribution >= 4 is 17.5 Å². The molecule has 0 radical (unpaired) electrons. The van der Waals surface area contributed by atoms with Gasteiger partial charge in [-0.25, -0.2) is 4.39 Å². The van der Waals surface area contributed by atoms with Gasteiger partial charge in [0.2, 0.25) is 11.8 Å². The van der Waals surface area contributed by atoms with Crippen LogP contribution in [0.5, 0.6) is 0 Å². The van der Waals surface area contributed by atoms with E-state index in [1.165, 1.54) is 18.6 Å². The van der Waals surface area contributed by atoms with Crippen LogP contribution in [0.4, 0.5) is 10.1 Å². The van der Waals surface area contributed by atoms with Crippen molar-refractivity contribution in [1.82, 2.24) is 14.7 Å². The topological polar surface area (TPSA) is 55.9 Å². The quantitative estimate of drug-likeness (QED) is 0.818. The van der Waals surface area contributed by atoms with E-state index in [0.29, 0.717) is 24.1 Å². The molecule has 2 saturated heterocycles. The van der Waals surface area contributed by atoms with Crippen LogP contribution in [0.1, 0.15) is 27.2 Å². The fourth-order valence-corrected chi connectivity index (χ4v) is 4.45. The maximum absolute atomic E-state index is 13.3. The first-order valence-electron chi connectivity index (χ1n) is 10.6. The van der Waals surface area contributed by atoms with E-state index in [-0.39, 0.29) is 23.7 Å². The number of hydrogen-bond acceptors (Lipinski definition) is 4. The Morgan fingerprint density at radius 3 is 2.41 bits per heavy atom. The highest BCUT2D eigenvalue weighted by atomic mass is 19.1. The van der Waals surface area contributed by atoms with Gasteiger partial charge in [0.25, 0.3) is 0 Å². The first-order chi connectivity index (χ1) is 13.8. The Morgan fingerprint density at radius 1 is 1.14 bits per heavy atom. The summed E-state index contributed by atoms with van der Waals surface area (Å²) in [5.41, 5.74) is 0.469. The number of carbonyl (C=O) groups is 2. The van der Waals surface area contributed by atoms with Crippen LogP contribution in [0.2, 0.25) is 0 Å². The Morgan fingerprint density at radius 2 is 1.79 bits per heavy atom. The minimum atomic E-state index is -0.369. The van der Waals surface area contributed by atoms with E-state index in [1.54, 1.807) is 12.1 Å². The molecule has 0 aliphatic carbocycles. The Kier molecular flexibility index (Phi) is 7.24. The SMILES string of the molecule is CC1CC(C)CN(C(=O)CN2CCN(C(C)C(=O)Nc3cccc(F)c3)CC2)C1. The lowest BCUT2D eigenvalue weighted by molar-refractivity contribution is -0.136. The molecule has 3 unspecified atom stereocenters. The average molecular weight is 405 g/mol. The molecule has 2 amide bonds. The van der Waals surface area contributed by atoms with Crippen LogP contribution in [0, 0.1) is 17.7 Å². The number of halogens is 1. The number of anilines is 1. The zero-order valence-electron chi connectivity index (χ0n) is 17.7. The highest BCUT2D eigenvalue weighted by Gasteiger charge is 2.29. The van der Waals surface area contributed by atoms with Crippen molar-refractivity contribution in [2.75, 3.05) is 51.1 Å². The van der Waals surface area contributed by atoms with Crippen molar-refractivity contribution < 1.29 is 14.0 Å². The van der Waals surface area contributed by atoms with Gasteiger partial charge in [-0.2, -0.15) is 0 Å². The van der Waals surface area contributed by atoms with Gasteiger partial charge in [0.15, 0.2) is 0 Å². The molecule has 2 heterocycles. The van der Waals surface area contributed by atoms with Crippen LogP contribution < -0.4 is 5.32 Å². The second-order valence-electron chi connectivity index (χ2n) is 8.73. The summed E-state index contributed by atoms with van der Waals surface area (Å²) >= 11 is 0. The number of likely N-dealkylation sites (tertiary alicyclic amines) is 1. The lowest BCUT2D eigenvalue weighted by Crippen LogP contribution is -2.55. The molecule has 2 aliphatic heterocycles. The van der Waals surface area contributed by atoms with Gasteiger partial charge >= 0.3 is 0 Å². The van der Waals surface area contributed by atoms with Crippen molar-refractivity contribution in [3.05, 3.63) is 30.1 Å². The lowest BCUT2D eigenvalue weighted by Gasteiger charge is -2.39. The van der Waals surface area contributed by atoms with Gasteiger partial charge in [-0.1, -0.05) is 19.9 Å². The molecule has 2 fully saturated rings. The van der Waals surface area contributed by atoms with Gasteiger partial charge in [0, 0.05) is 45.0 Å². The third kappa shape index (κ3) is 6.00. The normalized spacial score (nSPS) is 24.9. The predicted molar refractivity (Wildman–Crippen MR) is 112 cm³/mol. The van der Waals surface area contributed by atoms with E-state index in [9.17, 15) is 14.0 Å². The first kappa shape index (κ1) is 21.7. The largest absolute Gasteiger partial charge is 0.341 e. The summed E-state index contributed by atoms with van der Waals surface area (Å²) in [5.74, 6) is 0.838. The summed E-state index contributed by atoms with van der Waals surface area (Å²) in [6.45, 7) is 11.5. The predicted octanol–water partition coefficient (Wildman–Crippen LogP) is 2.27. The number of hydrogen-bond donors (Lipinski definition) is 1. The van der Waals surface area contributed by atoms with Gasteiger partial charge in [-0.15, -0.1) is 0 Å². The molecular weight excluding hydrogens is 371 g/mol. The number of rotatable bonds is 5. The molecule has 0 aromatic heterocycles. The minimum Gasteiger partial charge on any atom is -0.341 e. The fourth-order valence-electron chi connectivity index (χ4n) is 4.45. The van der Waals surface area contributed by atoms with Crippen LogP contribution in [0.3, 0.4) is 0 Å². The molecule has 1 aromatic carbocycles. The zero-order valence-corrected chi connectivity index (χ0v) is 17.7. The van der Waals surface area contributed by atoms with Crippen LogP contribution in [-0.4, -0.2) is 78.4 Å². The molecule has 3 atom stereocenters. The van der Waals surface area contributed by atoms with Crippen molar-refractivity contribution in [3.8, 4) is 0 Å². The monoisotopic (exact) mass is 404 g/mol. The number of nitrogens with zero attached hydrogens (tertiary/aromatic N) is 3. The number of carbonyl (C=O) groups excluding carboxylic acids is 2. The summed E-state index contributed by atoms with van der Waals surface area (Å²) < 4.78 is 13.3. The van der Waals surface area contributed by atoms with Gasteiger partial charge in [0.1, 0.15) is 5.82 Å². The fraction of sp³-hybridized carbons (Fsp3) is 0.636. The molecule has 7 heteroatoms. The minimum absolute atomic E-state index is 0.142. The molecule has 160 valence electrons. The third-order valence-corrected chi connectivity index (χ3v) is 6.01. The molecular formula is C22H33FN4O2. The summed E-state index contributed by atoms with van der Waals surface area (Å²) in [5, 5.41) is 2.78.